The maximum atomic E-state index is 13.8. The third kappa shape index (κ3) is 3.24. The smallest absolute Gasteiger partial charge is 0.308 e. The minimum absolute atomic E-state index is 0.0252. The van der Waals surface area contributed by atoms with E-state index in [1.165, 1.54) is 17.0 Å². The Kier molecular flexibility index (Phi) is 4.44. The molecule has 1 aliphatic rings. The molecule has 2 rings (SSSR count). The van der Waals surface area contributed by atoms with Crippen molar-refractivity contribution in [3.8, 4) is 0 Å². The standard InChI is InChI=1S/C15H17FN2O4/c1-8(2)14(20)17-12-6-10(3-4-11(12)16)18-7-9(15(21)22)5-13(18)19/h3-4,6,8-9H,5,7H2,1-2H3,(H,17,20)(H,21,22). The molecule has 2 amide bonds. The monoisotopic (exact) mass is 308 g/mol. The second-order valence-corrected chi connectivity index (χ2v) is 5.55. The molecule has 118 valence electrons. The number of rotatable bonds is 4. The molecule has 0 radical (unpaired) electrons. The number of carbonyl (C=O) groups excluding carboxylic acids is 2. The molecule has 1 aromatic carbocycles. The molecule has 1 atom stereocenters. The molecule has 0 spiro atoms. The zero-order valence-electron chi connectivity index (χ0n) is 12.3. The molecule has 1 heterocycles. The van der Waals surface area contributed by atoms with E-state index in [4.69, 9.17) is 5.11 Å². The van der Waals surface area contributed by atoms with Crippen LogP contribution in [0.4, 0.5) is 15.8 Å². The number of carboxylic acids is 1. The summed E-state index contributed by atoms with van der Waals surface area (Å²) in [6.07, 6.45) is -0.0829. The Labute approximate surface area is 126 Å². The number of anilines is 2. The van der Waals surface area contributed by atoms with E-state index in [0.717, 1.165) is 6.07 Å². The summed E-state index contributed by atoms with van der Waals surface area (Å²) < 4.78 is 13.8. The van der Waals surface area contributed by atoms with Crippen LogP contribution in [-0.4, -0.2) is 29.4 Å². The van der Waals surface area contributed by atoms with Gasteiger partial charge in [-0.1, -0.05) is 13.8 Å². The second kappa shape index (κ2) is 6.13. The minimum Gasteiger partial charge on any atom is -0.481 e. The summed E-state index contributed by atoms with van der Waals surface area (Å²) in [6, 6.07) is 3.88. The lowest BCUT2D eigenvalue weighted by Crippen LogP contribution is -2.26. The highest BCUT2D eigenvalue weighted by atomic mass is 19.1. The molecule has 1 unspecified atom stereocenters. The lowest BCUT2D eigenvalue weighted by molar-refractivity contribution is -0.141. The highest BCUT2D eigenvalue weighted by Gasteiger charge is 2.35. The van der Waals surface area contributed by atoms with Crippen LogP contribution in [0.5, 0.6) is 0 Å². The number of halogens is 1. The first-order chi connectivity index (χ1) is 10.3. The zero-order valence-corrected chi connectivity index (χ0v) is 12.3. The second-order valence-electron chi connectivity index (χ2n) is 5.55. The van der Waals surface area contributed by atoms with E-state index in [0.29, 0.717) is 5.69 Å². The Morgan fingerprint density at radius 1 is 1.41 bits per heavy atom. The van der Waals surface area contributed by atoms with Crippen LogP contribution in [0, 0.1) is 17.7 Å². The van der Waals surface area contributed by atoms with E-state index in [2.05, 4.69) is 5.32 Å². The highest BCUT2D eigenvalue weighted by Crippen LogP contribution is 2.29. The van der Waals surface area contributed by atoms with Crippen LogP contribution < -0.4 is 10.2 Å². The van der Waals surface area contributed by atoms with Gasteiger partial charge < -0.3 is 15.3 Å². The number of aliphatic carboxylic acids is 1. The van der Waals surface area contributed by atoms with E-state index in [1.807, 2.05) is 0 Å². The summed E-state index contributed by atoms with van der Waals surface area (Å²) in [4.78, 5) is 35.8. The molecule has 1 fully saturated rings. The molecule has 2 N–H and O–H groups in total. The summed E-state index contributed by atoms with van der Waals surface area (Å²) in [7, 11) is 0. The summed E-state index contributed by atoms with van der Waals surface area (Å²) in [5.41, 5.74) is 0.344. The zero-order chi connectivity index (χ0) is 16.4. The van der Waals surface area contributed by atoms with Crippen molar-refractivity contribution in [1.29, 1.82) is 0 Å². The molecular formula is C15H17FN2O4. The fourth-order valence-electron chi connectivity index (χ4n) is 2.18. The summed E-state index contributed by atoms with van der Waals surface area (Å²) in [5, 5.41) is 11.4. The lowest BCUT2D eigenvalue weighted by atomic mass is 10.1. The number of benzene rings is 1. The molecule has 6 nitrogen and oxygen atoms in total. The van der Waals surface area contributed by atoms with Gasteiger partial charge in [0.15, 0.2) is 0 Å². The van der Waals surface area contributed by atoms with Gasteiger partial charge in [0, 0.05) is 24.6 Å². The first-order valence-electron chi connectivity index (χ1n) is 6.93. The Morgan fingerprint density at radius 3 is 2.64 bits per heavy atom. The summed E-state index contributed by atoms with van der Waals surface area (Å²) in [5.74, 6) is -3.41. The number of carbonyl (C=O) groups is 3. The Balaban J connectivity index is 2.24. The van der Waals surface area contributed by atoms with E-state index >= 15 is 0 Å². The predicted octanol–water partition coefficient (Wildman–Crippen LogP) is 1.86. The van der Waals surface area contributed by atoms with Gasteiger partial charge in [0.2, 0.25) is 11.8 Å². The number of carboxylic acid groups (broad SMARTS) is 1. The molecule has 1 aliphatic heterocycles. The maximum absolute atomic E-state index is 13.8. The van der Waals surface area contributed by atoms with Gasteiger partial charge >= 0.3 is 5.97 Å². The molecule has 7 heteroatoms. The fourth-order valence-corrected chi connectivity index (χ4v) is 2.18. The van der Waals surface area contributed by atoms with Crippen molar-refractivity contribution >= 4 is 29.2 Å². The highest BCUT2D eigenvalue weighted by molar-refractivity contribution is 6.00. The molecule has 0 aromatic heterocycles. The Bertz CT molecular complexity index is 630. The minimum atomic E-state index is -1.04. The van der Waals surface area contributed by atoms with Crippen molar-refractivity contribution in [2.75, 3.05) is 16.8 Å². The van der Waals surface area contributed by atoms with E-state index < -0.39 is 17.7 Å². The van der Waals surface area contributed by atoms with Gasteiger partial charge in [0.05, 0.1) is 11.6 Å². The van der Waals surface area contributed by atoms with Crippen molar-refractivity contribution in [3.05, 3.63) is 24.0 Å². The number of nitrogens with one attached hydrogen (secondary N) is 1. The van der Waals surface area contributed by atoms with Crippen molar-refractivity contribution in [3.63, 3.8) is 0 Å². The molecule has 0 saturated carbocycles. The molecule has 22 heavy (non-hydrogen) atoms. The van der Waals surface area contributed by atoms with Crippen molar-refractivity contribution in [1.82, 2.24) is 0 Å². The van der Waals surface area contributed by atoms with E-state index in [1.54, 1.807) is 13.8 Å². The number of hydrogen-bond donors (Lipinski definition) is 2. The van der Waals surface area contributed by atoms with Crippen LogP contribution in [0.15, 0.2) is 18.2 Å². The van der Waals surface area contributed by atoms with Gasteiger partial charge in [-0.15, -0.1) is 0 Å². The van der Waals surface area contributed by atoms with Gasteiger partial charge in [-0.2, -0.15) is 0 Å². The topological polar surface area (TPSA) is 86.7 Å². The third-order valence-electron chi connectivity index (χ3n) is 3.52. The fraction of sp³-hybridized carbons (Fsp3) is 0.400. The first kappa shape index (κ1) is 15.9. The van der Waals surface area contributed by atoms with E-state index in [-0.39, 0.29) is 36.4 Å². The number of nitrogens with zero attached hydrogens (tertiary/aromatic N) is 1. The Morgan fingerprint density at radius 2 is 2.09 bits per heavy atom. The summed E-state index contributed by atoms with van der Waals surface area (Å²) >= 11 is 0. The number of amides is 2. The largest absolute Gasteiger partial charge is 0.481 e. The molecule has 0 aliphatic carbocycles. The molecule has 0 bridgehead atoms. The van der Waals surface area contributed by atoms with Gasteiger partial charge in [-0.25, -0.2) is 4.39 Å². The SMILES string of the molecule is CC(C)C(=O)Nc1cc(N2CC(C(=O)O)CC2=O)ccc1F. The molecule has 1 saturated heterocycles. The van der Waals surface area contributed by atoms with Crippen LogP contribution in [0.2, 0.25) is 0 Å². The van der Waals surface area contributed by atoms with Crippen LogP contribution >= 0.6 is 0 Å². The third-order valence-corrected chi connectivity index (χ3v) is 3.52. The van der Waals surface area contributed by atoms with Gasteiger partial charge in [-0.3, -0.25) is 14.4 Å². The van der Waals surface area contributed by atoms with Crippen molar-refractivity contribution < 1.29 is 23.9 Å². The van der Waals surface area contributed by atoms with Crippen molar-refractivity contribution in [2.24, 2.45) is 11.8 Å². The normalized spacial score (nSPS) is 17.9. The molecule has 1 aromatic rings. The molecular weight excluding hydrogens is 291 g/mol. The average molecular weight is 308 g/mol. The Hall–Kier alpha value is -2.44. The van der Waals surface area contributed by atoms with Crippen LogP contribution in [0.1, 0.15) is 20.3 Å². The quantitative estimate of drug-likeness (QED) is 0.889. The van der Waals surface area contributed by atoms with Crippen LogP contribution in [0.3, 0.4) is 0 Å². The number of hydrogen-bond acceptors (Lipinski definition) is 3. The predicted molar refractivity (Wildman–Crippen MR) is 78.0 cm³/mol. The van der Waals surface area contributed by atoms with Gasteiger partial charge in [-0.05, 0) is 18.2 Å². The lowest BCUT2D eigenvalue weighted by Gasteiger charge is -2.18. The van der Waals surface area contributed by atoms with Crippen LogP contribution in [0.25, 0.3) is 0 Å². The van der Waals surface area contributed by atoms with Crippen molar-refractivity contribution in [2.45, 2.75) is 20.3 Å². The summed E-state index contributed by atoms with van der Waals surface area (Å²) in [6.45, 7) is 3.40. The van der Waals surface area contributed by atoms with Gasteiger partial charge in [0.1, 0.15) is 5.82 Å². The first-order valence-corrected chi connectivity index (χ1v) is 6.93. The average Bonchev–Trinajstić information content (AvgIpc) is 2.83. The van der Waals surface area contributed by atoms with E-state index in [9.17, 15) is 18.8 Å². The van der Waals surface area contributed by atoms with Gasteiger partial charge in [0.25, 0.3) is 0 Å². The van der Waals surface area contributed by atoms with Crippen LogP contribution in [-0.2, 0) is 14.4 Å². The maximum Gasteiger partial charge on any atom is 0.308 e.